The van der Waals surface area contributed by atoms with Gasteiger partial charge in [-0.2, -0.15) is 0 Å². The second kappa shape index (κ2) is 6.26. The van der Waals surface area contributed by atoms with Gasteiger partial charge in [-0.15, -0.1) is 0 Å². The van der Waals surface area contributed by atoms with Crippen LogP contribution in [0.25, 0.3) is 10.9 Å². The zero-order chi connectivity index (χ0) is 15.5. The van der Waals surface area contributed by atoms with Crippen molar-refractivity contribution in [1.82, 2.24) is 9.88 Å². The number of pyridine rings is 1. The fraction of sp³-hybridized carbons (Fsp3) is 0.389. The quantitative estimate of drug-likeness (QED) is 0.874. The number of rotatable bonds is 3. The van der Waals surface area contributed by atoms with Crippen LogP contribution in [0, 0.1) is 0 Å². The molecular formula is C18H20N2O2. The summed E-state index contributed by atoms with van der Waals surface area (Å²) in [6.07, 6.45) is 4.95. The van der Waals surface area contributed by atoms with Crippen LogP contribution >= 0.6 is 0 Å². The molecule has 1 aliphatic heterocycles. The monoisotopic (exact) mass is 296 g/mol. The molecule has 0 saturated carbocycles. The van der Waals surface area contributed by atoms with Crippen LogP contribution in [-0.2, 0) is 4.79 Å². The summed E-state index contributed by atoms with van der Waals surface area (Å²) in [5.74, 6) is 0.108. The van der Waals surface area contributed by atoms with Crippen LogP contribution in [0.4, 0.5) is 0 Å². The summed E-state index contributed by atoms with van der Waals surface area (Å²) in [4.78, 5) is 31.2. The number of amides is 1. The lowest BCUT2D eigenvalue weighted by molar-refractivity contribution is -0.124. The molecule has 0 radical (unpaired) electrons. The van der Waals surface area contributed by atoms with E-state index in [-0.39, 0.29) is 17.7 Å². The van der Waals surface area contributed by atoms with E-state index in [1.165, 1.54) is 0 Å². The maximum atomic E-state index is 13.0. The lowest BCUT2D eigenvalue weighted by Gasteiger charge is -2.35. The Kier molecular flexibility index (Phi) is 4.18. The minimum absolute atomic E-state index is 0.0508. The predicted molar refractivity (Wildman–Crippen MR) is 85.7 cm³/mol. The van der Waals surface area contributed by atoms with Gasteiger partial charge in [-0.25, -0.2) is 0 Å². The smallest absolute Gasteiger partial charge is 0.255 e. The fourth-order valence-corrected chi connectivity index (χ4v) is 3.19. The van der Waals surface area contributed by atoms with Gasteiger partial charge in [0.25, 0.3) is 5.91 Å². The van der Waals surface area contributed by atoms with E-state index in [1.807, 2.05) is 37.3 Å². The number of carbonyl (C=O) groups excluding carboxylic acids is 2. The molecule has 0 spiro atoms. The average molecular weight is 296 g/mol. The van der Waals surface area contributed by atoms with Crippen molar-refractivity contribution in [2.75, 3.05) is 6.54 Å². The topological polar surface area (TPSA) is 50.3 Å². The Balaban J connectivity index is 1.99. The van der Waals surface area contributed by atoms with Crippen molar-refractivity contribution in [3.05, 3.63) is 42.1 Å². The lowest BCUT2D eigenvalue weighted by atomic mass is 9.95. The van der Waals surface area contributed by atoms with E-state index in [9.17, 15) is 9.59 Å². The van der Waals surface area contributed by atoms with Gasteiger partial charge in [0, 0.05) is 30.1 Å². The molecule has 4 heteroatoms. The van der Waals surface area contributed by atoms with E-state index in [0.717, 1.165) is 30.2 Å². The molecule has 1 atom stereocenters. The van der Waals surface area contributed by atoms with Gasteiger partial charge < -0.3 is 4.90 Å². The minimum Gasteiger partial charge on any atom is -0.329 e. The second-order valence-corrected chi connectivity index (χ2v) is 5.71. The highest BCUT2D eigenvalue weighted by Gasteiger charge is 2.32. The molecule has 1 saturated heterocycles. The largest absolute Gasteiger partial charge is 0.329 e. The van der Waals surface area contributed by atoms with Crippen LogP contribution in [0.2, 0.25) is 0 Å². The molecule has 3 rings (SSSR count). The second-order valence-electron chi connectivity index (χ2n) is 5.71. The number of likely N-dealkylation sites (tertiary alicyclic amines) is 1. The number of nitrogens with zero attached hydrogens (tertiary/aromatic N) is 2. The molecular weight excluding hydrogens is 276 g/mol. The highest BCUT2D eigenvalue weighted by Crippen LogP contribution is 2.24. The molecule has 4 nitrogen and oxygen atoms in total. The summed E-state index contributed by atoms with van der Waals surface area (Å²) >= 11 is 0. The molecule has 0 unspecified atom stereocenters. The highest BCUT2D eigenvalue weighted by molar-refractivity contribution is 6.07. The predicted octanol–water partition coefficient (Wildman–Crippen LogP) is 3.21. The molecule has 1 fully saturated rings. The Morgan fingerprint density at radius 2 is 2.09 bits per heavy atom. The minimum atomic E-state index is -0.266. The van der Waals surface area contributed by atoms with Crippen molar-refractivity contribution in [3.8, 4) is 0 Å². The molecule has 114 valence electrons. The number of ketones is 1. The third-order valence-corrected chi connectivity index (χ3v) is 4.36. The van der Waals surface area contributed by atoms with Crippen LogP contribution in [0.5, 0.6) is 0 Å². The van der Waals surface area contributed by atoms with Gasteiger partial charge in [-0.1, -0.05) is 19.1 Å². The van der Waals surface area contributed by atoms with Crippen molar-refractivity contribution in [2.45, 2.75) is 38.6 Å². The fourth-order valence-electron chi connectivity index (χ4n) is 3.19. The van der Waals surface area contributed by atoms with Crippen molar-refractivity contribution >= 4 is 22.6 Å². The molecule has 1 aromatic heterocycles. The summed E-state index contributed by atoms with van der Waals surface area (Å²) in [7, 11) is 0. The zero-order valence-corrected chi connectivity index (χ0v) is 12.8. The van der Waals surface area contributed by atoms with Gasteiger partial charge >= 0.3 is 0 Å². The summed E-state index contributed by atoms with van der Waals surface area (Å²) in [5.41, 5.74) is 1.45. The first kappa shape index (κ1) is 14.7. The summed E-state index contributed by atoms with van der Waals surface area (Å²) in [6.45, 7) is 2.52. The van der Waals surface area contributed by atoms with Crippen molar-refractivity contribution < 1.29 is 9.59 Å². The number of hydrogen-bond donors (Lipinski definition) is 0. The Labute approximate surface area is 130 Å². The van der Waals surface area contributed by atoms with Gasteiger partial charge in [0.1, 0.15) is 0 Å². The molecule has 0 bridgehead atoms. The first-order valence-electron chi connectivity index (χ1n) is 7.90. The average Bonchev–Trinajstić information content (AvgIpc) is 2.60. The first-order valence-corrected chi connectivity index (χ1v) is 7.90. The number of piperidine rings is 1. The number of fused-ring (bicyclic) bond motifs is 1. The standard InChI is InChI=1S/C18H20N2O2/c1-2-17(21)16-10-3-4-12-20(16)18(22)14-7-5-9-15-13(14)8-6-11-19-15/h5-9,11,16H,2-4,10,12H2,1H3/t16-/m1/s1. The third kappa shape index (κ3) is 2.61. The van der Waals surface area contributed by atoms with Crippen molar-refractivity contribution in [1.29, 1.82) is 0 Å². The molecule has 2 heterocycles. The number of Topliss-reactive ketones (excluding diaryl/α,β-unsaturated/α-hetero) is 1. The van der Waals surface area contributed by atoms with E-state index in [4.69, 9.17) is 0 Å². The normalized spacial score (nSPS) is 18.4. The number of hydrogen-bond acceptors (Lipinski definition) is 3. The maximum absolute atomic E-state index is 13.0. The molecule has 0 aliphatic carbocycles. The van der Waals surface area contributed by atoms with E-state index in [2.05, 4.69) is 4.98 Å². The number of aromatic nitrogens is 1. The lowest BCUT2D eigenvalue weighted by Crippen LogP contribution is -2.47. The summed E-state index contributed by atoms with van der Waals surface area (Å²) in [6, 6.07) is 9.06. The zero-order valence-electron chi connectivity index (χ0n) is 12.8. The Morgan fingerprint density at radius 3 is 2.91 bits per heavy atom. The molecule has 1 amide bonds. The number of carbonyl (C=O) groups is 2. The Hall–Kier alpha value is -2.23. The van der Waals surface area contributed by atoms with Gasteiger partial charge in [-0.05, 0) is 37.5 Å². The van der Waals surface area contributed by atoms with Crippen LogP contribution in [0.1, 0.15) is 43.0 Å². The van der Waals surface area contributed by atoms with Gasteiger partial charge in [0.15, 0.2) is 5.78 Å². The SMILES string of the molecule is CCC(=O)[C@H]1CCCCN1C(=O)c1cccc2ncccc12. The maximum Gasteiger partial charge on any atom is 0.255 e. The summed E-state index contributed by atoms with van der Waals surface area (Å²) in [5, 5.41) is 0.850. The van der Waals surface area contributed by atoms with Crippen LogP contribution < -0.4 is 0 Å². The van der Waals surface area contributed by atoms with Crippen molar-refractivity contribution in [2.24, 2.45) is 0 Å². The van der Waals surface area contributed by atoms with Crippen LogP contribution in [0.3, 0.4) is 0 Å². The molecule has 1 aromatic carbocycles. The Bertz CT molecular complexity index is 706. The molecule has 1 aliphatic rings. The summed E-state index contributed by atoms with van der Waals surface area (Å²) < 4.78 is 0. The van der Waals surface area contributed by atoms with Crippen molar-refractivity contribution in [3.63, 3.8) is 0 Å². The van der Waals surface area contributed by atoms with E-state index >= 15 is 0 Å². The molecule has 22 heavy (non-hydrogen) atoms. The number of benzene rings is 1. The van der Waals surface area contributed by atoms with Gasteiger partial charge in [0.05, 0.1) is 11.6 Å². The molecule has 2 aromatic rings. The van der Waals surface area contributed by atoms with Gasteiger partial charge in [-0.3, -0.25) is 14.6 Å². The van der Waals surface area contributed by atoms with E-state index in [1.54, 1.807) is 11.1 Å². The van der Waals surface area contributed by atoms with Gasteiger partial charge in [0.2, 0.25) is 0 Å². The van der Waals surface area contributed by atoms with E-state index in [0.29, 0.717) is 18.5 Å². The van der Waals surface area contributed by atoms with Crippen LogP contribution in [0.15, 0.2) is 36.5 Å². The molecule has 0 N–H and O–H groups in total. The third-order valence-electron chi connectivity index (χ3n) is 4.36. The van der Waals surface area contributed by atoms with E-state index < -0.39 is 0 Å². The van der Waals surface area contributed by atoms with Crippen LogP contribution in [-0.4, -0.2) is 34.2 Å². The Morgan fingerprint density at radius 1 is 1.23 bits per heavy atom. The highest BCUT2D eigenvalue weighted by atomic mass is 16.2. The first-order chi connectivity index (χ1) is 10.7.